The van der Waals surface area contributed by atoms with Gasteiger partial charge >= 0.3 is 0 Å². The van der Waals surface area contributed by atoms with Gasteiger partial charge in [0.25, 0.3) is 5.91 Å². The van der Waals surface area contributed by atoms with Crippen molar-refractivity contribution in [1.82, 2.24) is 4.98 Å². The summed E-state index contributed by atoms with van der Waals surface area (Å²) in [5.74, 6) is -0.481. The molecule has 7 heteroatoms. The topological polar surface area (TPSA) is 121 Å². The SMILES string of the molecule is N/C(=N/O)c1cccc(NC(=O)c2cc[nH]c(=O)c2)c1. The molecule has 0 saturated heterocycles. The maximum absolute atomic E-state index is 11.9. The molecule has 0 saturated carbocycles. The second kappa shape index (κ2) is 5.70. The molecule has 0 aliphatic carbocycles. The van der Waals surface area contributed by atoms with E-state index in [1.807, 2.05) is 0 Å². The number of H-pyrrole nitrogens is 1. The van der Waals surface area contributed by atoms with Gasteiger partial charge in [-0.2, -0.15) is 0 Å². The third-order valence-corrected chi connectivity index (χ3v) is 2.56. The molecule has 1 aromatic heterocycles. The van der Waals surface area contributed by atoms with E-state index < -0.39 is 5.91 Å². The van der Waals surface area contributed by atoms with Crippen molar-refractivity contribution in [3.05, 3.63) is 64.1 Å². The molecule has 0 unspecified atom stereocenters. The lowest BCUT2D eigenvalue weighted by atomic mass is 10.1. The van der Waals surface area contributed by atoms with Crippen LogP contribution in [0.1, 0.15) is 15.9 Å². The fraction of sp³-hybridized carbons (Fsp3) is 0. The molecular formula is C13H12N4O3. The van der Waals surface area contributed by atoms with Crippen LogP contribution >= 0.6 is 0 Å². The Kier molecular flexibility index (Phi) is 3.80. The van der Waals surface area contributed by atoms with Gasteiger partial charge in [-0.25, -0.2) is 0 Å². The number of carbonyl (C=O) groups excluding carboxylic acids is 1. The van der Waals surface area contributed by atoms with Crippen LogP contribution in [0.3, 0.4) is 0 Å². The van der Waals surface area contributed by atoms with E-state index in [1.165, 1.54) is 18.3 Å². The summed E-state index contributed by atoms with van der Waals surface area (Å²) < 4.78 is 0. The fourth-order valence-electron chi connectivity index (χ4n) is 1.60. The zero-order valence-corrected chi connectivity index (χ0v) is 10.3. The van der Waals surface area contributed by atoms with Crippen LogP contribution in [0.2, 0.25) is 0 Å². The first-order valence-corrected chi connectivity index (χ1v) is 5.68. The Bertz CT molecular complexity index is 721. The van der Waals surface area contributed by atoms with Gasteiger partial charge in [0, 0.05) is 29.1 Å². The van der Waals surface area contributed by atoms with Crippen molar-refractivity contribution in [1.29, 1.82) is 0 Å². The number of nitrogens with two attached hydrogens (primary N) is 1. The van der Waals surface area contributed by atoms with E-state index in [4.69, 9.17) is 10.9 Å². The number of hydrogen-bond acceptors (Lipinski definition) is 4. The van der Waals surface area contributed by atoms with Crippen LogP contribution in [0, 0.1) is 0 Å². The number of benzene rings is 1. The molecule has 0 atom stereocenters. The first-order valence-electron chi connectivity index (χ1n) is 5.68. The van der Waals surface area contributed by atoms with Crippen molar-refractivity contribution < 1.29 is 10.0 Å². The van der Waals surface area contributed by atoms with Gasteiger partial charge < -0.3 is 21.2 Å². The van der Waals surface area contributed by atoms with Gasteiger partial charge in [-0.3, -0.25) is 9.59 Å². The lowest BCUT2D eigenvalue weighted by Crippen LogP contribution is -2.17. The fourth-order valence-corrected chi connectivity index (χ4v) is 1.60. The van der Waals surface area contributed by atoms with Gasteiger partial charge in [-0.1, -0.05) is 17.3 Å². The number of amidine groups is 1. The molecule has 0 spiro atoms. The highest BCUT2D eigenvalue weighted by Crippen LogP contribution is 2.11. The summed E-state index contributed by atoms with van der Waals surface area (Å²) in [6.07, 6.45) is 1.39. The Morgan fingerprint density at radius 2 is 2.05 bits per heavy atom. The van der Waals surface area contributed by atoms with Crippen LogP contribution in [0.15, 0.2) is 52.5 Å². The van der Waals surface area contributed by atoms with Crippen LogP contribution in [0.5, 0.6) is 0 Å². The highest BCUT2D eigenvalue weighted by Gasteiger charge is 2.07. The van der Waals surface area contributed by atoms with E-state index in [1.54, 1.807) is 24.3 Å². The number of anilines is 1. The summed E-state index contributed by atoms with van der Waals surface area (Å²) >= 11 is 0. The zero-order valence-electron chi connectivity index (χ0n) is 10.3. The molecule has 102 valence electrons. The molecule has 0 radical (unpaired) electrons. The van der Waals surface area contributed by atoms with Crippen LogP contribution in [0.4, 0.5) is 5.69 Å². The molecule has 0 aliphatic rings. The molecule has 5 N–H and O–H groups in total. The average Bonchev–Trinajstić information content (AvgIpc) is 2.46. The van der Waals surface area contributed by atoms with E-state index in [9.17, 15) is 9.59 Å². The number of oxime groups is 1. The number of carbonyl (C=O) groups is 1. The highest BCUT2D eigenvalue weighted by molar-refractivity contribution is 6.05. The molecule has 2 aromatic rings. The minimum Gasteiger partial charge on any atom is -0.409 e. The molecule has 0 bridgehead atoms. The van der Waals surface area contributed by atoms with Gasteiger partial charge in [-0.05, 0) is 18.2 Å². The molecule has 1 heterocycles. The standard InChI is InChI=1S/C13H12N4O3/c14-12(17-20)8-2-1-3-10(6-8)16-13(19)9-4-5-15-11(18)7-9/h1-7,20H,(H2,14,17)(H,15,18)(H,16,19). The molecule has 1 amide bonds. The highest BCUT2D eigenvalue weighted by atomic mass is 16.4. The Morgan fingerprint density at radius 1 is 1.25 bits per heavy atom. The average molecular weight is 272 g/mol. The van der Waals surface area contributed by atoms with Crippen molar-refractivity contribution in [3.63, 3.8) is 0 Å². The molecular weight excluding hydrogens is 260 g/mol. The van der Waals surface area contributed by atoms with Crippen LogP contribution in [-0.2, 0) is 0 Å². The van der Waals surface area contributed by atoms with E-state index in [0.717, 1.165) is 0 Å². The van der Waals surface area contributed by atoms with E-state index in [2.05, 4.69) is 15.5 Å². The van der Waals surface area contributed by atoms with Crippen molar-refractivity contribution in [2.75, 3.05) is 5.32 Å². The lowest BCUT2D eigenvalue weighted by molar-refractivity contribution is 0.102. The van der Waals surface area contributed by atoms with Gasteiger partial charge in [0.2, 0.25) is 5.56 Å². The van der Waals surface area contributed by atoms with Gasteiger partial charge in [0.1, 0.15) is 0 Å². The number of nitrogens with zero attached hydrogens (tertiary/aromatic N) is 1. The first-order chi connectivity index (χ1) is 9.60. The van der Waals surface area contributed by atoms with E-state index in [-0.39, 0.29) is 17.0 Å². The second-order valence-corrected chi connectivity index (χ2v) is 3.96. The number of hydrogen-bond donors (Lipinski definition) is 4. The van der Waals surface area contributed by atoms with Crippen molar-refractivity contribution in [2.24, 2.45) is 10.9 Å². The lowest BCUT2D eigenvalue weighted by Gasteiger charge is -2.06. The Hall–Kier alpha value is -3.09. The summed E-state index contributed by atoms with van der Waals surface area (Å²) in [6, 6.07) is 9.19. The smallest absolute Gasteiger partial charge is 0.255 e. The van der Waals surface area contributed by atoms with Crippen LogP contribution in [0.25, 0.3) is 0 Å². The van der Waals surface area contributed by atoms with E-state index >= 15 is 0 Å². The van der Waals surface area contributed by atoms with Crippen LogP contribution < -0.4 is 16.6 Å². The maximum atomic E-state index is 11.9. The predicted molar refractivity (Wildman–Crippen MR) is 74.0 cm³/mol. The maximum Gasteiger partial charge on any atom is 0.255 e. The molecule has 1 aromatic carbocycles. The molecule has 20 heavy (non-hydrogen) atoms. The monoisotopic (exact) mass is 272 g/mol. The first kappa shape index (κ1) is 13.3. The third-order valence-electron chi connectivity index (χ3n) is 2.56. The minimum atomic E-state index is -0.423. The van der Waals surface area contributed by atoms with Crippen molar-refractivity contribution >= 4 is 17.4 Å². The second-order valence-electron chi connectivity index (χ2n) is 3.96. The quantitative estimate of drug-likeness (QED) is 0.285. The van der Waals surface area contributed by atoms with Gasteiger partial charge in [0.05, 0.1) is 0 Å². The minimum absolute atomic E-state index is 0.0581. The number of nitrogens with one attached hydrogen (secondary N) is 2. The summed E-state index contributed by atoms with van der Waals surface area (Å²) in [5, 5.41) is 14.1. The largest absolute Gasteiger partial charge is 0.409 e. The Labute approximate surface area is 113 Å². The molecule has 7 nitrogen and oxygen atoms in total. The molecule has 0 fully saturated rings. The number of pyridine rings is 1. The van der Waals surface area contributed by atoms with Gasteiger partial charge in [-0.15, -0.1) is 0 Å². The number of aromatic nitrogens is 1. The number of aromatic amines is 1. The van der Waals surface area contributed by atoms with Crippen molar-refractivity contribution in [2.45, 2.75) is 0 Å². The number of amides is 1. The van der Waals surface area contributed by atoms with Crippen LogP contribution in [-0.4, -0.2) is 21.9 Å². The Balaban J connectivity index is 2.22. The number of rotatable bonds is 3. The van der Waals surface area contributed by atoms with Gasteiger partial charge in [0.15, 0.2) is 5.84 Å². The molecule has 0 aliphatic heterocycles. The molecule has 2 rings (SSSR count). The summed E-state index contributed by atoms with van der Waals surface area (Å²) in [7, 11) is 0. The third kappa shape index (κ3) is 3.02. The summed E-state index contributed by atoms with van der Waals surface area (Å²) in [6.45, 7) is 0. The summed E-state index contributed by atoms with van der Waals surface area (Å²) in [4.78, 5) is 25.5. The zero-order chi connectivity index (χ0) is 14.5. The normalized spacial score (nSPS) is 11.1. The van der Waals surface area contributed by atoms with Crippen molar-refractivity contribution in [3.8, 4) is 0 Å². The predicted octanol–water partition coefficient (Wildman–Crippen LogP) is 0.722. The Morgan fingerprint density at radius 3 is 2.75 bits per heavy atom. The van der Waals surface area contributed by atoms with E-state index in [0.29, 0.717) is 11.3 Å². The summed E-state index contributed by atoms with van der Waals surface area (Å²) in [5.41, 5.74) is 6.29.